The fourth-order valence-electron chi connectivity index (χ4n) is 5.89. The van der Waals surface area contributed by atoms with Crippen LogP contribution < -0.4 is 10.6 Å². The summed E-state index contributed by atoms with van der Waals surface area (Å²) in [6, 6.07) is 14.8. The molecular formula is C35H42N8O9S2. The van der Waals surface area contributed by atoms with E-state index < -0.39 is 42.2 Å². The van der Waals surface area contributed by atoms with Gasteiger partial charge in [-0.3, -0.25) is 14.1 Å². The Balaban J connectivity index is 0.000000260. The van der Waals surface area contributed by atoms with Gasteiger partial charge in [0, 0.05) is 44.0 Å². The summed E-state index contributed by atoms with van der Waals surface area (Å²) in [5, 5.41) is 16.1. The van der Waals surface area contributed by atoms with Crippen molar-refractivity contribution < 1.29 is 40.6 Å². The monoisotopic (exact) mass is 782 g/mol. The van der Waals surface area contributed by atoms with Gasteiger partial charge in [0.2, 0.25) is 5.03 Å². The number of hydrogen-bond donors (Lipinski definition) is 5. The van der Waals surface area contributed by atoms with Gasteiger partial charge >= 0.3 is 16.1 Å². The molecule has 0 unspecified atom stereocenters. The summed E-state index contributed by atoms with van der Waals surface area (Å²) < 4.78 is 67.3. The predicted molar refractivity (Wildman–Crippen MR) is 201 cm³/mol. The van der Waals surface area contributed by atoms with Crippen molar-refractivity contribution in [2.24, 2.45) is 0 Å². The first-order valence-electron chi connectivity index (χ1n) is 17.2. The molecule has 0 bridgehead atoms. The highest BCUT2D eigenvalue weighted by Crippen LogP contribution is 2.24. The molecule has 1 aromatic carbocycles. The Morgan fingerprint density at radius 1 is 0.926 bits per heavy atom. The molecule has 0 amide bonds. The Morgan fingerprint density at radius 3 is 2.48 bits per heavy atom. The van der Waals surface area contributed by atoms with Crippen LogP contribution in [0, 0.1) is 0 Å². The number of aliphatic carboxylic acids is 1. The number of carbonyl (C=O) groups is 1. The lowest BCUT2D eigenvalue weighted by Gasteiger charge is -2.24. The number of benzene rings is 1. The number of unbranched alkanes of at least 4 members (excludes halogenated alkanes) is 1. The molecule has 54 heavy (non-hydrogen) atoms. The molecule has 4 aromatic heterocycles. The molecule has 0 spiro atoms. The summed E-state index contributed by atoms with van der Waals surface area (Å²) in [4.78, 5) is 33.9. The lowest BCUT2D eigenvalue weighted by atomic mass is 10.1. The Kier molecular flexibility index (Phi) is 13.7. The number of carboxylic acids is 1. The number of anilines is 2. The fourth-order valence-corrected chi connectivity index (χ4v) is 7.58. The molecule has 0 radical (unpaired) electrons. The number of para-hydroxylation sites is 1. The average Bonchev–Trinajstić information content (AvgIpc) is 3.15. The van der Waals surface area contributed by atoms with Crippen molar-refractivity contribution in [2.75, 3.05) is 50.5 Å². The first kappa shape index (κ1) is 40.3. The topological polar surface area (TPSA) is 247 Å². The number of ether oxygens (including phenoxy) is 1. The second-order valence-corrected chi connectivity index (χ2v) is 15.2. The quantitative estimate of drug-likeness (QED) is 0.0707. The van der Waals surface area contributed by atoms with Crippen molar-refractivity contribution in [2.45, 2.75) is 54.5 Å². The maximum absolute atomic E-state index is 12.0. The van der Waals surface area contributed by atoms with Gasteiger partial charge in [-0.05, 0) is 87.0 Å². The zero-order valence-electron chi connectivity index (χ0n) is 29.5. The van der Waals surface area contributed by atoms with E-state index in [9.17, 15) is 26.7 Å². The van der Waals surface area contributed by atoms with Gasteiger partial charge in [0.15, 0.2) is 0 Å². The Hall–Kier alpha value is -4.92. The molecule has 0 aliphatic carbocycles. The van der Waals surface area contributed by atoms with Crippen LogP contribution in [0.25, 0.3) is 21.9 Å². The molecular weight excluding hydrogens is 741 g/mol. The minimum absolute atomic E-state index is 0.0672. The summed E-state index contributed by atoms with van der Waals surface area (Å²) in [6.07, 6.45) is 8.50. The van der Waals surface area contributed by atoms with E-state index in [2.05, 4.69) is 47.6 Å². The van der Waals surface area contributed by atoms with Crippen molar-refractivity contribution in [1.82, 2.24) is 29.8 Å². The Bertz CT molecular complexity index is 2220. The fraction of sp³-hybridized carbons (Fsp3) is 0.371. The van der Waals surface area contributed by atoms with Gasteiger partial charge < -0.3 is 25.4 Å². The highest BCUT2D eigenvalue weighted by molar-refractivity contribution is 7.89. The van der Waals surface area contributed by atoms with E-state index in [4.69, 9.17) is 18.8 Å². The maximum atomic E-state index is 12.0. The van der Waals surface area contributed by atoms with Crippen LogP contribution in [-0.4, -0.2) is 113 Å². The SMILES string of the molecule is COCCN(CCCCc1ccc2c(n1)NCCC2)CC[C@H](Nc1ncnc2ccccc12)C(=O)O.O=S(=O)(O)c1cc2ncccc2nc1S(=O)(=O)O. The third-order valence-corrected chi connectivity index (χ3v) is 10.4. The molecule has 1 aliphatic heterocycles. The van der Waals surface area contributed by atoms with Crippen molar-refractivity contribution in [3.63, 3.8) is 0 Å². The van der Waals surface area contributed by atoms with E-state index in [1.807, 2.05) is 24.3 Å². The van der Waals surface area contributed by atoms with E-state index in [1.165, 1.54) is 36.6 Å². The molecule has 5 aromatic rings. The van der Waals surface area contributed by atoms with Crippen LogP contribution in [0.15, 0.2) is 77.0 Å². The summed E-state index contributed by atoms with van der Waals surface area (Å²) in [5.41, 5.74) is 3.35. The second kappa shape index (κ2) is 18.4. The number of nitrogens with zero attached hydrogens (tertiary/aromatic N) is 6. The van der Waals surface area contributed by atoms with Crippen molar-refractivity contribution in [3.8, 4) is 0 Å². The first-order chi connectivity index (χ1) is 25.8. The molecule has 1 atom stereocenters. The molecule has 5 heterocycles. The molecule has 0 fully saturated rings. The maximum Gasteiger partial charge on any atom is 0.326 e. The largest absolute Gasteiger partial charge is 0.480 e. The number of carboxylic acid groups (broad SMARTS) is 1. The molecule has 0 saturated carbocycles. The van der Waals surface area contributed by atoms with Crippen LogP contribution >= 0.6 is 0 Å². The van der Waals surface area contributed by atoms with Gasteiger partial charge in [0.05, 0.1) is 23.2 Å². The summed E-state index contributed by atoms with van der Waals surface area (Å²) in [7, 11) is -8.05. The van der Waals surface area contributed by atoms with Gasteiger partial charge in [-0.15, -0.1) is 0 Å². The van der Waals surface area contributed by atoms with Crippen LogP contribution in [0.3, 0.4) is 0 Å². The highest BCUT2D eigenvalue weighted by Gasteiger charge is 2.27. The highest BCUT2D eigenvalue weighted by atomic mass is 32.2. The van der Waals surface area contributed by atoms with Crippen LogP contribution in [-0.2, 0) is 42.6 Å². The average molecular weight is 783 g/mol. The Morgan fingerprint density at radius 2 is 1.72 bits per heavy atom. The standard InChI is InChI=1S/C27H36N6O3.C8H6N2O6S2/c1-36-18-17-33(15-5-4-8-21-12-11-20-7-6-14-28-25(20)31-21)16-13-24(27(34)35)32-26-22-9-2-3-10-23(22)29-19-30-26;11-17(12,13)7-4-6-5(2-1-3-9-6)10-8(7)18(14,15)16/h2-3,9-12,19,24H,4-8,13-18H2,1H3,(H,28,31)(H,34,35)(H,29,30,32);1-4H,(H,11,12,13)(H,14,15,16)/t24-;/m0./s1. The lowest BCUT2D eigenvalue weighted by Crippen LogP contribution is -2.37. The van der Waals surface area contributed by atoms with Gasteiger partial charge in [0.1, 0.15) is 28.9 Å². The number of methoxy groups -OCH3 is 1. The summed E-state index contributed by atoms with van der Waals surface area (Å²) in [6.45, 7) is 3.91. The van der Waals surface area contributed by atoms with Gasteiger partial charge in [-0.25, -0.2) is 24.7 Å². The molecule has 6 rings (SSSR count). The van der Waals surface area contributed by atoms with Crippen LogP contribution in [0.1, 0.15) is 36.9 Å². The number of hydrogen-bond acceptors (Lipinski definition) is 14. The van der Waals surface area contributed by atoms with Gasteiger partial charge in [-0.2, -0.15) is 16.8 Å². The van der Waals surface area contributed by atoms with E-state index in [1.54, 1.807) is 7.11 Å². The van der Waals surface area contributed by atoms with Gasteiger partial charge in [0.25, 0.3) is 10.1 Å². The minimum Gasteiger partial charge on any atom is -0.480 e. The predicted octanol–water partition coefficient (Wildman–Crippen LogP) is 3.73. The van der Waals surface area contributed by atoms with E-state index >= 15 is 0 Å². The summed E-state index contributed by atoms with van der Waals surface area (Å²) >= 11 is 0. The third-order valence-electron chi connectivity index (χ3n) is 8.65. The van der Waals surface area contributed by atoms with E-state index in [-0.39, 0.29) is 11.0 Å². The smallest absolute Gasteiger partial charge is 0.326 e. The molecule has 19 heteroatoms. The number of nitrogens with one attached hydrogen (secondary N) is 2. The molecule has 5 N–H and O–H groups in total. The molecule has 1 aliphatic rings. The summed E-state index contributed by atoms with van der Waals surface area (Å²) in [5.74, 6) is 0.698. The van der Waals surface area contributed by atoms with E-state index in [0.717, 1.165) is 73.8 Å². The zero-order chi connectivity index (χ0) is 38.7. The van der Waals surface area contributed by atoms with Crippen LogP contribution in [0.2, 0.25) is 0 Å². The first-order valence-corrected chi connectivity index (χ1v) is 20.1. The molecule has 288 valence electrons. The zero-order valence-corrected chi connectivity index (χ0v) is 31.1. The van der Waals surface area contributed by atoms with Crippen LogP contribution in [0.5, 0.6) is 0 Å². The molecule has 0 saturated heterocycles. The lowest BCUT2D eigenvalue weighted by molar-refractivity contribution is -0.138. The van der Waals surface area contributed by atoms with Crippen molar-refractivity contribution >= 4 is 59.8 Å². The number of aryl methyl sites for hydroxylation is 2. The number of rotatable bonds is 16. The Labute approximate surface area is 312 Å². The number of pyridine rings is 3. The van der Waals surface area contributed by atoms with Crippen molar-refractivity contribution in [1.29, 1.82) is 0 Å². The second-order valence-electron chi connectivity index (χ2n) is 12.5. The number of fused-ring (bicyclic) bond motifs is 3. The van der Waals surface area contributed by atoms with Crippen molar-refractivity contribution in [3.05, 3.63) is 78.4 Å². The van der Waals surface area contributed by atoms with Gasteiger partial charge in [-0.1, -0.05) is 18.2 Å². The third kappa shape index (κ3) is 11.1. The van der Waals surface area contributed by atoms with Crippen LogP contribution in [0.4, 0.5) is 11.6 Å². The minimum atomic E-state index is -4.89. The van der Waals surface area contributed by atoms with E-state index in [0.29, 0.717) is 25.4 Å². The normalized spacial score (nSPS) is 13.5. The number of aromatic nitrogens is 5. The molecule has 17 nitrogen and oxygen atoms in total.